The summed E-state index contributed by atoms with van der Waals surface area (Å²) in [4.78, 5) is 43.2. The molecule has 1 aliphatic rings. The summed E-state index contributed by atoms with van der Waals surface area (Å²) in [5.74, 6) is -1.04. The molecule has 1 fully saturated rings. The molecule has 6 N–H and O–H groups in total. The van der Waals surface area contributed by atoms with Crippen LogP contribution in [-0.2, 0) is 30.8 Å². The Balaban J connectivity index is 2.12. The summed E-state index contributed by atoms with van der Waals surface area (Å²) >= 11 is 0. The van der Waals surface area contributed by atoms with Crippen molar-refractivity contribution in [2.24, 2.45) is 16.5 Å². The minimum absolute atomic E-state index is 0.0450. The molecular formula is C23H36N6O5S. The van der Waals surface area contributed by atoms with Crippen molar-refractivity contribution in [2.75, 3.05) is 18.8 Å². The topological polar surface area (TPSA) is 177 Å². The molecule has 0 aromatic heterocycles. The fourth-order valence-corrected chi connectivity index (χ4v) is 5.32. The summed E-state index contributed by atoms with van der Waals surface area (Å²) in [6.45, 7) is 2.40. The molecule has 1 aromatic rings. The number of nitrogens with zero attached hydrogens (tertiary/aromatic N) is 2. The summed E-state index contributed by atoms with van der Waals surface area (Å²) in [7, 11) is -3.68. The maximum Gasteiger partial charge on any atom is 0.243 e. The molecule has 11 nitrogen and oxygen atoms in total. The quantitative estimate of drug-likeness (QED) is 0.115. The van der Waals surface area contributed by atoms with Crippen LogP contribution >= 0.6 is 0 Å². The predicted octanol–water partition coefficient (Wildman–Crippen LogP) is -0.345. The van der Waals surface area contributed by atoms with Crippen molar-refractivity contribution >= 4 is 34.1 Å². The molecule has 3 atom stereocenters. The van der Waals surface area contributed by atoms with Crippen LogP contribution in [0.3, 0.4) is 0 Å². The van der Waals surface area contributed by atoms with Gasteiger partial charge in [-0.05, 0) is 44.1 Å². The zero-order valence-electron chi connectivity index (χ0n) is 20.1. The van der Waals surface area contributed by atoms with E-state index in [1.54, 1.807) is 6.92 Å². The Hall–Kier alpha value is -2.99. The Morgan fingerprint density at radius 3 is 2.60 bits per heavy atom. The fraction of sp³-hybridized carbons (Fsp3) is 0.565. The highest BCUT2D eigenvalue weighted by Gasteiger charge is 2.38. The zero-order chi connectivity index (χ0) is 25.8. The Kier molecular flexibility index (Phi) is 11.1. The lowest BCUT2D eigenvalue weighted by atomic mass is 10.0. The second-order valence-electron chi connectivity index (χ2n) is 8.57. The molecule has 0 bridgehead atoms. The summed E-state index contributed by atoms with van der Waals surface area (Å²) in [6.07, 6.45) is 3.08. The van der Waals surface area contributed by atoms with Crippen LogP contribution in [0.4, 0.5) is 0 Å². The SMILES string of the molecule is CCCS(=O)(=O)N[C@H](Cc1ccccc1)C(=O)N1CCC[C@H]1C(=O)N[C@H](C=O)CCCN=C(N)N. The lowest BCUT2D eigenvalue weighted by Crippen LogP contribution is -2.55. The molecular weight excluding hydrogens is 472 g/mol. The van der Waals surface area contributed by atoms with Gasteiger partial charge in [-0.2, -0.15) is 0 Å². The Morgan fingerprint density at radius 1 is 1.26 bits per heavy atom. The van der Waals surface area contributed by atoms with Gasteiger partial charge in [0.15, 0.2) is 5.96 Å². The Morgan fingerprint density at radius 2 is 1.97 bits per heavy atom. The lowest BCUT2D eigenvalue weighted by Gasteiger charge is -2.29. The fourth-order valence-electron chi connectivity index (χ4n) is 4.05. The molecule has 12 heteroatoms. The number of carbonyl (C=O) groups is 3. The molecule has 1 saturated heterocycles. The molecule has 0 spiro atoms. The number of hydrogen-bond acceptors (Lipinski definition) is 6. The molecule has 0 unspecified atom stereocenters. The summed E-state index contributed by atoms with van der Waals surface area (Å²) in [5, 5.41) is 2.69. The maximum atomic E-state index is 13.5. The van der Waals surface area contributed by atoms with Crippen molar-refractivity contribution in [3.63, 3.8) is 0 Å². The monoisotopic (exact) mass is 508 g/mol. The molecule has 194 valence electrons. The number of aldehydes is 1. The third-order valence-corrected chi connectivity index (χ3v) is 7.26. The van der Waals surface area contributed by atoms with E-state index in [-0.39, 0.29) is 18.1 Å². The van der Waals surface area contributed by atoms with Crippen LogP contribution in [0.25, 0.3) is 0 Å². The number of hydrogen-bond donors (Lipinski definition) is 4. The van der Waals surface area contributed by atoms with Crippen LogP contribution in [-0.4, -0.2) is 74.3 Å². The van der Waals surface area contributed by atoms with Crippen LogP contribution in [0, 0.1) is 0 Å². The van der Waals surface area contributed by atoms with Crippen LogP contribution in [0.15, 0.2) is 35.3 Å². The van der Waals surface area contributed by atoms with E-state index in [2.05, 4.69) is 15.0 Å². The van der Waals surface area contributed by atoms with Crippen molar-refractivity contribution in [2.45, 2.75) is 63.6 Å². The van der Waals surface area contributed by atoms with E-state index < -0.39 is 40.0 Å². The lowest BCUT2D eigenvalue weighted by molar-refractivity contribution is -0.140. The number of sulfonamides is 1. The third-order valence-electron chi connectivity index (χ3n) is 5.67. The van der Waals surface area contributed by atoms with E-state index in [9.17, 15) is 22.8 Å². The molecule has 1 heterocycles. The molecule has 2 amide bonds. The minimum Gasteiger partial charge on any atom is -0.370 e. The molecule has 0 aliphatic carbocycles. The van der Waals surface area contributed by atoms with Gasteiger partial charge >= 0.3 is 0 Å². The van der Waals surface area contributed by atoms with E-state index in [4.69, 9.17) is 11.5 Å². The number of aliphatic imine (C=N–C) groups is 1. The van der Waals surface area contributed by atoms with E-state index in [1.807, 2.05) is 30.3 Å². The average molecular weight is 509 g/mol. The summed E-state index contributed by atoms with van der Waals surface area (Å²) < 4.78 is 27.5. The number of carbonyl (C=O) groups excluding carboxylic acids is 3. The third kappa shape index (κ3) is 9.29. The largest absolute Gasteiger partial charge is 0.370 e. The van der Waals surface area contributed by atoms with Crippen molar-refractivity contribution in [1.82, 2.24) is 14.9 Å². The van der Waals surface area contributed by atoms with E-state index in [0.717, 1.165) is 5.56 Å². The minimum atomic E-state index is -3.68. The number of amides is 2. The normalized spacial score (nSPS) is 17.4. The first-order chi connectivity index (χ1) is 16.7. The molecule has 1 aliphatic heterocycles. The number of rotatable bonds is 14. The van der Waals surface area contributed by atoms with Crippen molar-refractivity contribution < 1.29 is 22.8 Å². The predicted molar refractivity (Wildman–Crippen MR) is 134 cm³/mol. The highest BCUT2D eigenvalue weighted by Crippen LogP contribution is 2.20. The van der Waals surface area contributed by atoms with Crippen molar-refractivity contribution in [1.29, 1.82) is 0 Å². The van der Waals surface area contributed by atoms with Gasteiger partial charge in [-0.25, -0.2) is 13.1 Å². The summed E-state index contributed by atoms with van der Waals surface area (Å²) in [5.41, 5.74) is 11.4. The van der Waals surface area contributed by atoms with Gasteiger partial charge in [0.05, 0.1) is 11.8 Å². The first kappa shape index (κ1) is 28.2. The van der Waals surface area contributed by atoms with Gasteiger partial charge in [0.2, 0.25) is 21.8 Å². The van der Waals surface area contributed by atoms with Gasteiger partial charge in [-0.1, -0.05) is 37.3 Å². The zero-order valence-corrected chi connectivity index (χ0v) is 20.9. The maximum absolute atomic E-state index is 13.5. The second-order valence-corrected chi connectivity index (χ2v) is 10.4. The highest BCUT2D eigenvalue weighted by molar-refractivity contribution is 7.89. The first-order valence-corrected chi connectivity index (χ1v) is 13.5. The number of likely N-dealkylation sites (tertiary alicyclic amines) is 1. The summed E-state index contributed by atoms with van der Waals surface area (Å²) in [6, 6.07) is 6.55. The van der Waals surface area contributed by atoms with Gasteiger partial charge in [-0.15, -0.1) is 0 Å². The van der Waals surface area contributed by atoms with Gasteiger partial charge < -0.3 is 26.5 Å². The van der Waals surface area contributed by atoms with Crippen LogP contribution in [0.2, 0.25) is 0 Å². The molecule has 1 aromatic carbocycles. The first-order valence-electron chi connectivity index (χ1n) is 11.8. The van der Waals surface area contributed by atoms with Gasteiger partial charge in [0, 0.05) is 13.1 Å². The van der Waals surface area contributed by atoms with Crippen LogP contribution in [0.5, 0.6) is 0 Å². The van der Waals surface area contributed by atoms with E-state index in [1.165, 1.54) is 4.90 Å². The second kappa shape index (κ2) is 13.8. The van der Waals surface area contributed by atoms with Gasteiger partial charge in [-0.3, -0.25) is 14.6 Å². The Labute approximate surface area is 206 Å². The molecule has 0 saturated carbocycles. The van der Waals surface area contributed by atoms with Crippen molar-refractivity contribution in [3.8, 4) is 0 Å². The highest BCUT2D eigenvalue weighted by atomic mass is 32.2. The van der Waals surface area contributed by atoms with E-state index >= 15 is 0 Å². The average Bonchev–Trinajstić information content (AvgIpc) is 3.30. The van der Waals surface area contributed by atoms with Crippen molar-refractivity contribution in [3.05, 3.63) is 35.9 Å². The van der Waals surface area contributed by atoms with E-state index in [0.29, 0.717) is 51.5 Å². The smallest absolute Gasteiger partial charge is 0.243 e. The molecule has 0 radical (unpaired) electrons. The molecule has 2 rings (SSSR count). The number of benzene rings is 1. The number of guanidine groups is 1. The van der Waals surface area contributed by atoms with Crippen LogP contribution < -0.4 is 21.5 Å². The molecule has 35 heavy (non-hydrogen) atoms. The van der Waals surface area contributed by atoms with Crippen LogP contribution in [0.1, 0.15) is 44.6 Å². The van der Waals surface area contributed by atoms with Gasteiger partial charge in [0.25, 0.3) is 0 Å². The number of nitrogens with two attached hydrogens (primary N) is 2. The standard InChI is InChI=1S/C23H36N6O5S/c1-2-14-35(33,34)28-19(15-17-8-4-3-5-9-17)22(32)29-13-7-11-20(29)21(31)27-18(16-30)10-6-12-26-23(24)25/h3-5,8-9,16,18-20,28H,2,6-7,10-15H2,1H3,(H,27,31)(H4,24,25,26)/t18-,19+,20-/m0/s1. The van der Waals surface area contributed by atoms with Gasteiger partial charge in [0.1, 0.15) is 18.4 Å². The Bertz CT molecular complexity index is 981. The number of nitrogens with one attached hydrogen (secondary N) is 2.